The smallest absolute Gasteiger partial charge is 0.192 e. The van der Waals surface area contributed by atoms with Crippen LogP contribution in [-0.4, -0.2) is 24.7 Å². The lowest BCUT2D eigenvalue weighted by Gasteiger charge is -2.08. The van der Waals surface area contributed by atoms with Crippen LogP contribution in [0.25, 0.3) is 22.0 Å². The molecule has 0 spiro atoms. The van der Waals surface area contributed by atoms with Crippen LogP contribution in [0.4, 0.5) is 4.39 Å². The molecule has 5 nitrogen and oxygen atoms in total. The zero-order valence-electron chi connectivity index (χ0n) is 14.8. The van der Waals surface area contributed by atoms with Crippen molar-refractivity contribution in [3.8, 4) is 22.0 Å². The summed E-state index contributed by atoms with van der Waals surface area (Å²) in [5, 5.41) is 12.7. The van der Waals surface area contributed by atoms with Gasteiger partial charge < -0.3 is 0 Å². The van der Waals surface area contributed by atoms with E-state index in [2.05, 4.69) is 24.7 Å². The molecule has 0 aliphatic heterocycles. The first-order valence-corrected chi connectivity index (χ1v) is 10.8. The summed E-state index contributed by atoms with van der Waals surface area (Å²) in [6.45, 7) is 0. The second kappa shape index (κ2) is 7.44. The number of nitrogens with zero attached hydrogens (tertiary/aromatic N) is 5. The number of halogens is 1. The summed E-state index contributed by atoms with van der Waals surface area (Å²) < 4.78 is 15.4. The summed E-state index contributed by atoms with van der Waals surface area (Å²) in [5.74, 6) is 1.39. The van der Waals surface area contributed by atoms with Crippen molar-refractivity contribution in [2.24, 2.45) is 0 Å². The number of rotatable bonds is 6. The molecule has 1 saturated carbocycles. The maximum Gasteiger partial charge on any atom is 0.192 e. The molecule has 3 aromatic heterocycles. The van der Waals surface area contributed by atoms with Crippen LogP contribution in [-0.2, 0) is 5.75 Å². The molecule has 0 unspecified atom stereocenters. The molecule has 4 aromatic rings. The molecule has 0 radical (unpaired) electrons. The minimum absolute atomic E-state index is 0.236. The van der Waals surface area contributed by atoms with Crippen LogP contribution in [0.15, 0.2) is 59.3 Å². The number of thioether (sulfide) groups is 1. The molecular formula is C20H16FN5S2. The molecule has 0 atom stereocenters. The maximum atomic E-state index is 13.1. The van der Waals surface area contributed by atoms with Gasteiger partial charge in [0.2, 0.25) is 0 Å². The van der Waals surface area contributed by atoms with Crippen LogP contribution >= 0.6 is 23.1 Å². The van der Waals surface area contributed by atoms with E-state index < -0.39 is 0 Å². The number of pyridine rings is 1. The van der Waals surface area contributed by atoms with Crippen molar-refractivity contribution in [3.63, 3.8) is 0 Å². The molecule has 5 rings (SSSR count). The van der Waals surface area contributed by atoms with Gasteiger partial charge in [-0.25, -0.2) is 9.37 Å². The third-order valence-electron chi connectivity index (χ3n) is 4.51. The Labute approximate surface area is 169 Å². The van der Waals surface area contributed by atoms with Gasteiger partial charge in [0, 0.05) is 40.7 Å². The Hall–Kier alpha value is -2.58. The second-order valence-electron chi connectivity index (χ2n) is 6.58. The first-order chi connectivity index (χ1) is 13.8. The highest BCUT2D eigenvalue weighted by atomic mass is 32.2. The fourth-order valence-electron chi connectivity index (χ4n) is 2.97. The van der Waals surface area contributed by atoms with Gasteiger partial charge in [0.05, 0.1) is 5.69 Å². The predicted molar refractivity (Wildman–Crippen MR) is 109 cm³/mol. The third-order valence-corrected chi connectivity index (χ3v) is 6.42. The van der Waals surface area contributed by atoms with Gasteiger partial charge >= 0.3 is 0 Å². The topological polar surface area (TPSA) is 56.5 Å². The zero-order chi connectivity index (χ0) is 18.9. The van der Waals surface area contributed by atoms with Crippen LogP contribution in [0.2, 0.25) is 0 Å². The Morgan fingerprint density at radius 2 is 1.82 bits per heavy atom. The Bertz CT molecular complexity index is 1090. The molecule has 8 heteroatoms. The van der Waals surface area contributed by atoms with Crippen LogP contribution < -0.4 is 0 Å². The predicted octanol–water partition coefficient (Wildman–Crippen LogP) is 5.23. The molecule has 1 aliphatic carbocycles. The lowest BCUT2D eigenvalue weighted by molar-refractivity contribution is 0.628. The standard InChI is InChI=1S/C20H16FN5S2/c21-15-3-1-14(2-4-15)19-23-16(11-27-19)12-28-20-25-24-18(26(20)17-5-6-17)13-7-9-22-10-8-13/h1-4,7-11,17H,5-6,12H2. The van der Waals surface area contributed by atoms with Gasteiger partial charge in [0.1, 0.15) is 10.8 Å². The van der Waals surface area contributed by atoms with E-state index in [9.17, 15) is 4.39 Å². The Morgan fingerprint density at radius 1 is 1.04 bits per heavy atom. The maximum absolute atomic E-state index is 13.1. The van der Waals surface area contributed by atoms with E-state index in [0.717, 1.165) is 51.4 Å². The number of hydrogen-bond acceptors (Lipinski definition) is 6. The van der Waals surface area contributed by atoms with E-state index >= 15 is 0 Å². The van der Waals surface area contributed by atoms with Crippen LogP contribution in [0.3, 0.4) is 0 Å². The van der Waals surface area contributed by atoms with Gasteiger partial charge in [-0.2, -0.15) is 0 Å². The molecule has 1 fully saturated rings. The normalized spacial score (nSPS) is 13.8. The summed E-state index contributed by atoms with van der Waals surface area (Å²) in [4.78, 5) is 8.78. The van der Waals surface area contributed by atoms with Gasteiger partial charge in [-0.05, 0) is 49.2 Å². The SMILES string of the molecule is Fc1ccc(-c2nc(CSc3nnc(-c4ccncc4)n3C3CC3)cs2)cc1. The van der Waals surface area contributed by atoms with Crippen LogP contribution in [0.1, 0.15) is 24.6 Å². The summed E-state index contributed by atoms with van der Waals surface area (Å²) in [7, 11) is 0. The number of benzene rings is 1. The average Bonchev–Trinajstić information content (AvgIpc) is 3.30. The average molecular weight is 410 g/mol. The molecule has 3 heterocycles. The molecular weight excluding hydrogens is 393 g/mol. The van der Waals surface area contributed by atoms with Gasteiger partial charge in [0.25, 0.3) is 0 Å². The van der Waals surface area contributed by atoms with Crippen molar-refractivity contribution in [3.05, 3.63) is 65.7 Å². The highest BCUT2D eigenvalue weighted by Gasteiger charge is 2.30. The first kappa shape index (κ1) is 17.5. The second-order valence-corrected chi connectivity index (χ2v) is 8.38. The lowest BCUT2D eigenvalue weighted by Crippen LogP contribution is -2.00. The lowest BCUT2D eigenvalue weighted by atomic mass is 10.2. The molecule has 28 heavy (non-hydrogen) atoms. The van der Waals surface area contributed by atoms with Crippen molar-refractivity contribution in [1.29, 1.82) is 0 Å². The summed E-state index contributed by atoms with van der Waals surface area (Å²) >= 11 is 3.22. The van der Waals surface area contributed by atoms with E-state index in [4.69, 9.17) is 0 Å². The highest BCUT2D eigenvalue weighted by Crippen LogP contribution is 2.41. The highest BCUT2D eigenvalue weighted by molar-refractivity contribution is 7.98. The Balaban J connectivity index is 1.35. The fourth-order valence-corrected chi connectivity index (χ4v) is 4.80. The van der Waals surface area contributed by atoms with E-state index in [-0.39, 0.29) is 5.82 Å². The van der Waals surface area contributed by atoms with Crippen molar-refractivity contribution >= 4 is 23.1 Å². The van der Waals surface area contributed by atoms with Crippen molar-refractivity contribution in [2.45, 2.75) is 29.8 Å². The zero-order valence-corrected chi connectivity index (χ0v) is 16.5. The van der Waals surface area contributed by atoms with Gasteiger partial charge in [-0.3, -0.25) is 9.55 Å². The summed E-state index contributed by atoms with van der Waals surface area (Å²) in [6.07, 6.45) is 5.88. The van der Waals surface area contributed by atoms with E-state index in [1.54, 1.807) is 47.6 Å². The fraction of sp³-hybridized carbons (Fsp3) is 0.200. The Kier molecular flexibility index (Phi) is 4.66. The van der Waals surface area contributed by atoms with Crippen molar-refractivity contribution in [2.75, 3.05) is 0 Å². The monoisotopic (exact) mass is 409 g/mol. The van der Waals surface area contributed by atoms with Crippen LogP contribution in [0, 0.1) is 5.82 Å². The molecule has 0 saturated heterocycles. The third kappa shape index (κ3) is 3.57. The molecule has 0 bridgehead atoms. The molecule has 1 aliphatic rings. The molecule has 0 amide bonds. The number of thiazole rings is 1. The first-order valence-electron chi connectivity index (χ1n) is 8.96. The molecule has 0 N–H and O–H groups in total. The minimum Gasteiger partial charge on any atom is -0.299 e. The summed E-state index contributed by atoms with van der Waals surface area (Å²) in [6, 6.07) is 10.9. The molecule has 1 aromatic carbocycles. The molecule has 140 valence electrons. The van der Waals surface area contributed by atoms with E-state index in [1.807, 2.05) is 17.5 Å². The largest absolute Gasteiger partial charge is 0.299 e. The van der Waals surface area contributed by atoms with Gasteiger partial charge in [-0.15, -0.1) is 21.5 Å². The van der Waals surface area contributed by atoms with E-state index in [1.165, 1.54) is 12.1 Å². The van der Waals surface area contributed by atoms with Crippen LogP contribution in [0.5, 0.6) is 0 Å². The Morgan fingerprint density at radius 3 is 2.57 bits per heavy atom. The quantitative estimate of drug-likeness (QED) is 0.408. The van der Waals surface area contributed by atoms with Gasteiger partial charge in [-0.1, -0.05) is 11.8 Å². The number of aromatic nitrogens is 5. The minimum atomic E-state index is -0.236. The number of hydrogen-bond donors (Lipinski definition) is 0. The summed E-state index contributed by atoms with van der Waals surface area (Å²) in [5.41, 5.74) is 2.96. The van der Waals surface area contributed by atoms with E-state index in [0.29, 0.717) is 6.04 Å². The van der Waals surface area contributed by atoms with Crippen molar-refractivity contribution < 1.29 is 4.39 Å². The van der Waals surface area contributed by atoms with Crippen molar-refractivity contribution in [1.82, 2.24) is 24.7 Å². The van der Waals surface area contributed by atoms with Gasteiger partial charge in [0.15, 0.2) is 11.0 Å².